The van der Waals surface area contributed by atoms with E-state index in [0.29, 0.717) is 0 Å². The van der Waals surface area contributed by atoms with Gasteiger partial charge in [0.05, 0.1) is 0 Å². The number of nitrogens with zero attached hydrogens (tertiary/aromatic N) is 1. The van der Waals surface area contributed by atoms with Crippen molar-refractivity contribution >= 4 is 0 Å². The Kier molecular flexibility index (Phi) is 3.38. The third kappa shape index (κ3) is 2.82. The van der Waals surface area contributed by atoms with E-state index >= 15 is 0 Å². The first-order valence-corrected chi connectivity index (χ1v) is 4.94. The van der Waals surface area contributed by atoms with Gasteiger partial charge >= 0.3 is 0 Å². The minimum Gasteiger partial charge on any atom is -0.300 e. The van der Waals surface area contributed by atoms with Crippen LogP contribution < -0.4 is 0 Å². The molecule has 0 saturated carbocycles. The molecule has 0 amide bonds. The van der Waals surface area contributed by atoms with Gasteiger partial charge in [0.15, 0.2) is 0 Å². The average Bonchev–Trinajstić information content (AvgIpc) is 1.93. The number of hydrogen-bond donors (Lipinski definition) is 0. The van der Waals surface area contributed by atoms with Crippen LogP contribution >= 0.6 is 0 Å². The Hall–Kier alpha value is -0.0400. The summed E-state index contributed by atoms with van der Waals surface area (Å²) >= 11 is 0. The molecular formula is C10H21N. The maximum absolute atomic E-state index is 2.63. The first kappa shape index (κ1) is 9.05. The van der Waals surface area contributed by atoms with E-state index in [0.717, 1.165) is 12.0 Å². The second-order valence-corrected chi connectivity index (χ2v) is 4.23. The van der Waals surface area contributed by atoms with Gasteiger partial charge in [0, 0.05) is 12.6 Å². The van der Waals surface area contributed by atoms with E-state index < -0.39 is 0 Å². The van der Waals surface area contributed by atoms with Crippen LogP contribution in [0.5, 0.6) is 0 Å². The van der Waals surface area contributed by atoms with Crippen molar-refractivity contribution in [2.75, 3.05) is 13.1 Å². The molecule has 1 heterocycles. The minimum absolute atomic E-state index is 0.829. The molecule has 1 fully saturated rings. The summed E-state index contributed by atoms with van der Waals surface area (Å²) in [5.74, 6) is 0.829. The quantitative estimate of drug-likeness (QED) is 0.592. The minimum atomic E-state index is 0.829. The lowest BCUT2D eigenvalue weighted by Gasteiger charge is -2.34. The summed E-state index contributed by atoms with van der Waals surface area (Å²) in [6.07, 6.45) is 4.26. The van der Waals surface area contributed by atoms with Crippen LogP contribution in [0.2, 0.25) is 0 Å². The topological polar surface area (TPSA) is 3.24 Å². The smallest absolute Gasteiger partial charge is 0.00670 e. The molecule has 1 heteroatoms. The van der Waals surface area contributed by atoms with Crippen molar-refractivity contribution in [1.82, 2.24) is 4.90 Å². The fourth-order valence-electron chi connectivity index (χ4n) is 1.90. The van der Waals surface area contributed by atoms with Gasteiger partial charge in [0.25, 0.3) is 0 Å². The second-order valence-electron chi connectivity index (χ2n) is 4.23. The van der Waals surface area contributed by atoms with Crippen molar-refractivity contribution in [2.24, 2.45) is 5.92 Å². The number of rotatable bonds is 2. The molecular weight excluding hydrogens is 134 g/mol. The molecule has 0 aromatic carbocycles. The Morgan fingerprint density at radius 3 is 2.64 bits per heavy atom. The van der Waals surface area contributed by atoms with E-state index in [2.05, 4.69) is 25.7 Å². The summed E-state index contributed by atoms with van der Waals surface area (Å²) in [4.78, 5) is 2.63. The third-order valence-electron chi connectivity index (χ3n) is 2.54. The Morgan fingerprint density at radius 2 is 2.09 bits per heavy atom. The molecule has 66 valence electrons. The fourth-order valence-corrected chi connectivity index (χ4v) is 1.90. The van der Waals surface area contributed by atoms with Gasteiger partial charge in [-0.25, -0.2) is 0 Å². The highest BCUT2D eigenvalue weighted by molar-refractivity contribution is 4.73. The molecule has 1 rings (SSSR count). The summed E-state index contributed by atoms with van der Waals surface area (Å²) in [5.41, 5.74) is 0. The van der Waals surface area contributed by atoms with Crippen LogP contribution in [-0.4, -0.2) is 24.0 Å². The molecule has 11 heavy (non-hydrogen) atoms. The molecule has 1 aliphatic rings. The van der Waals surface area contributed by atoms with Gasteiger partial charge in [-0.3, -0.25) is 0 Å². The molecule has 0 bridgehead atoms. The van der Waals surface area contributed by atoms with Crippen LogP contribution in [0.3, 0.4) is 0 Å². The van der Waals surface area contributed by atoms with E-state index in [1.165, 1.54) is 32.4 Å². The van der Waals surface area contributed by atoms with Gasteiger partial charge < -0.3 is 4.90 Å². The third-order valence-corrected chi connectivity index (χ3v) is 2.54. The van der Waals surface area contributed by atoms with Crippen molar-refractivity contribution in [3.05, 3.63) is 0 Å². The summed E-state index contributed by atoms with van der Waals surface area (Å²) in [7, 11) is 0. The van der Waals surface area contributed by atoms with Gasteiger partial charge in [-0.15, -0.1) is 0 Å². The van der Waals surface area contributed by atoms with Crippen LogP contribution in [0.25, 0.3) is 0 Å². The first-order chi connectivity index (χ1) is 5.20. The molecule has 1 atom stereocenters. The van der Waals surface area contributed by atoms with Crippen LogP contribution in [0.1, 0.15) is 40.0 Å². The molecule has 1 saturated heterocycles. The molecule has 0 aliphatic carbocycles. The number of likely N-dealkylation sites (tertiary alicyclic amines) is 1. The van der Waals surface area contributed by atoms with E-state index in [4.69, 9.17) is 0 Å². The molecule has 0 N–H and O–H groups in total. The van der Waals surface area contributed by atoms with Gasteiger partial charge in [-0.1, -0.05) is 20.3 Å². The maximum atomic E-state index is 2.63. The summed E-state index contributed by atoms with van der Waals surface area (Å²) < 4.78 is 0. The second kappa shape index (κ2) is 4.10. The number of piperidine rings is 1. The first-order valence-electron chi connectivity index (χ1n) is 4.94. The Balaban J connectivity index is 2.29. The standard InChI is InChI=1S/C10H21N/c1-9(2)8-11-7-5-4-6-10(11)3/h9-10H,4-8H2,1-3H3/t10-/m0/s1. The highest BCUT2D eigenvalue weighted by Crippen LogP contribution is 2.17. The monoisotopic (exact) mass is 155 g/mol. The molecule has 0 unspecified atom stereocenters. The highest BCUT2D eigenvalue weighted by atomic mass is 15.2. The van der Waals surface area contributed by atoms with Crippen LogP contribution in [0.15, 0.2) is 0 Å². The summed E-state index contributed by atoms with van der Waals surface area (Å²) in [5, 5.41) is 0. The van der Waals surface area contributed by atoms with E-state index in [9.17, 15) is 0 Å². The van der Waals surface area contributed by atoms with Gasteiger partial charge in [-0.2, -0.15) is 0 Å². The van der Waals surface area contributed by atoms with Crippen LogP contribution in [0, 0.1) is 5.92 Å². The SMILES string of the molecule is CC(C)CN1CCCC[C@@H]1C. The van der Waals surface area contributed by atoms with Crippen molar-refractivity contribution in [1.29, 1.82) is 0 Å². The molecule has 1 aliphatic heterocycles. The Labute approximate surface area is 70.8 Å². The lowest BCUT2D eigenvalue weighted by atomic mass is 10.0. The zero-order chi connectivity index (χ0) is 8.27. The van der Waals surface area contributed by atoms with Crippen molar-refractivity contribution in [3.8, 4) is 0 Å². The van der Waals surface area contributed by atoms with Gasteiger partial charge in [0.1, 0.15) is 0 Å². The highest BCUT2D eigenvalue weighted by Gasteiger charge is 2.17. The lowest BCUT2D eigenvalue weighted by Crippen LogP contribution is -2.39. The molecule has 1 nitrogen and oxygen atoms in total. The van der Waals surface area contributed by atoms with Gasteiger partial charge in [-0.05, 0) is 32.2 Å². The molecule has 0 aromatic heterocycles. The number of hydrogen-bond acceptors (Lipinski definition) is 1. The van der Waals surface area contributed by atoms with Crippen LogP contribution in [-0.2, 0) is 0 Å². The predicted octanol–water partition coefficient (Wildman–Crippen LogP) is 2.52. The molecule has 0 radical (unpaired) electrons. The fraction of sp³-hybridized carbons (Fsp3) is 1.00. The van der Waals surface area contributed by atoms with Crippen molar-refractivity contribution in [3.63, 3.8) is 0 Å². The van der Waals surface area contributed by atoms with E-state index in [1.54, 1.807) is 0 Å². The molecule has 0 aromatic rings. The van der Waals surface area contributed by atoms with Crippen LogP contribution in [0.4, 0.5) is 0 Å². The maximum Gasteiger partial charge on any atom is 0.00670 e. The van der Waals surface area contributed by atoms with Gasteiger partial charge in [0.2, 0.25) is 0 Å². The Bertz CT molecular complexity index is 109. The zero-order valence-electron chi connectivity index (χ0n) is 8.14. The zero-order valence-corrected chi connectivity index (χ0v) is 8.14. The van der Waals surface area contributed by atoms with E-state index in [1.807, 2.05) is 0 Å². The normalized spacial score (nSPS) is 27.8. The van der Waals surface area contributed by atoms with Crippen molar-refractivity contribution in [2.45, 2.75) is 46.1 Å². The van der Waals surface area contributed by atoms with E-state index in [-0.39, 0.29) is 0 Å². The predicted molar refractivity (Wildman–Crippen MR) is 49.7 cm³/mol. The lowest BCUT2D eigenvalue weighted by molar-refractivity contribution is 0.144. The molecule has 0 spiro atoms. The average molecular weight is 155 g/mol. The summed E-state index contributed by atoms with van der Waals surface area (Å²) in [6, 6.07) is 0.839. The Morgan fingerprint density at radius 1 is 1.36 bits per heavy atom. The van der Waals surface area contributed by atoms with Crippen molar-refractivity contribution < 1.29 is 0 Å². The largest absolute Gasteiger partial charge is 0.300 e. The summed E-state index contributed by atoms with van der Waals surface area (Å²) in [6.45, 7) is 9.60.